The van der Waals surface area contributed by atoms with Crippen molar-refractivity contribution in [3.63, 3.8) is 0 Å². The first-order valence-electron chi connectivity index (χ1n) is 6.65. The van der Waals surface area contributed by atoms with E-state index >= 15 is 0 Å². The molecule has 5 nitrogen and oxygen atoms in total. The molecule has 0 aliphatic carbocycles. The molecule has 3 rings (SSSR count). The van der Waals surface area contributed by atoms with Crippen LogP contribution in [0.25, 0.3) is 10.9 Å². The lowest BCUT2D eigenvalue weighted by molar-refractivity contribution is 0.0949. The molecule has 0 bridgehead atoms. The summed E-state index contributed by atoms with van der Waals surface area (Å²) >= 11 is 6.02. The highest BCUT2D eigenvalue weighted by Crippen LogP contribution is 2.18. The van der Waals surface area contributed by atoms with Gasteiger partial charge in [-0.25, -0.2) is 0 Å². The topological polar surface area (TPSA) is 74.8 Å². The molecule has 0 radical (unpaired) electrons. The van der Waals surface area contributed by atoms with Gasteiger partial charge in [0.2, 0.25) is 5.43 Å². The zero-order valence-electron chi connectivity index (χ0n) is 11.5. The van der Waals surface area contributed by atoms with E-state index in [-0.39, 0.29) is 17.5 Å². The van der Waals surface area contributed by atoms with Crippen molar-refractivity contribution in [2.45, 2.75) is 6.54 Å². The Morgan fingerprint density at radius 3 is 2.86 bits per heavy atom. The molecule has 0 unspecified atom stereocenters. The molecule has 0 fully saturated rings. The number of amides is 1. The summed E-state index contributed by atoms with van der Waals surface area (Å²) in [7, 11) is 0. The Labute approximate surface area is 131 Å². The van der Waals surface area contributed by atoms with Crippen LogP contribution in [0, 0.1) is 0 Å². The smallest absolute Gasteiger partial charge is 0.257 e. The minimum absolute atomic E-state index is 0.0469. The predicted octanol–water partition coefficient (Wildman–Crippen LogP) is 2.51. The predicted molar refractivity (Wildman–Crippen MR) is 85.0 cm³/mol. The first-order valence-corrected chi connectivity index (χ1v) is 7.02. The summed E-state index contributed by atoms with van der Waals surface area (Å²) in [5.74, 6) is -0.450. The number of rotatable bonds is 3. The van der Waals surface area contributed by atoms with E-state index in [1.165, 1.54) is 6.20 Å². The van der Waals surface area contributed by atoms with Crippen LogP contribution in [0.15, 0.2) is 53.6 Å². The molecule has 6 heteroatoms. The van der Waals surface area contributed by atoms with Gasteiger partial charge >= 0.3 is 0 Å². The summed E-state index contributed by atoms with van der Waals surface area (Å²) in [4.78, 5) is 31.6. The number of aromatic nitrogens is 2. The zero-order valence-corrected chi connectivity index (χ0v) is 12.2. The molecule has 2 heterocycles. The van der Waals surface area contributed by atoms with E-state index in [4.69, 9.17) is 11.6 Å². The van der Waals surface area contributed by atoms with Crippen LogP contribution in [0.1, 0.15) is 16.1 Å². The number of H-pyrrole nitrogens is 1. The summed E-state index contributed by atoms with van der Waals surface area (Å²) in [6.07, 6.45) is 3.02. The van der Waals surface area contributed by atoms with Crippen molar-refractivity contribution in [1.29, 1.82) is 0 Å². The average Bonchev–Trinajstić information content (AvgIpc) is 2.55. The summed E-state index contributed by atoms with van der Waals surface area (Å²) in [5, 5.41) is 3.51. The average molecular weight is 314 g/mol. The Morgan fingerprint density at radius 2 is 2.09 bits per heavy atom. The number of pyridine rings is 2. The van der Waals surface area contributed by atoms with Crippen LogP contribution in [0.3, 0.4) is 0 Å². The molecule has 3 aromatic rings. The van der Waals surface area contributed by atoms with Crippen molar-refractivity contribution in [3.05, 3.63) is 75.3 Å². The van der Waals surface area contributed by atoms with E-state index in [1.807, 2.05) is 6.07 Å². The van der Waals surface area contributed by atoms with Crippen molar-refractivity contribution in [3.8, 4) is 0 Å². The standard InChI is InChI=1S/C16H12ClN3O2/c17-13-6-3-5-11-14(13)19-9-12(15(11)21)16(22)20-8-10-4-1-2-7-18-10/h1-7,9H,8H2,(H,19,21)(H,20,22). The highest BCUT2D eigenvalue weighted by molar-refractivity contribution is 6.35. The first-order chi connectivity index (χ1) is 10.7. The lowest BCUT2D eigenvalue weighted by Gasteiger charge is -2.06. The Hall–Kier alpha value is -2.66. The van der Waals surface area contributed by atoms with E-state index in [0.29, 0.717) is 15.9 Å². The number of halogens is 1. The SMILES string of the molecule is O=C(NCc1ccccn1)c1c[nH]c2c(Cl)cccc2c1=O. The van der Waals surface area contributed by atoms with Gasteiger partial charge in [-0.15, -0.1) is 0 Å². The van der Waals surface area contributed by atoms with Crippen LogP contribution < -0.4 is 10.7 Å². The van der Waals surface area contributed by atoms with Gasteiger partial charge in [-0.3, -0.25) is 14.6 Å². The van der Waals surface area contributed by atoms with Gasteiger partial charge in [0.05, 0.1) is 22.8 Å². The minimum atomic E-state index is -0.450. The van der Waals surface area contributed by atoms with Crippen LogP contribution >= 0.6 is 11.6 Å². The Balaban J connectivity index is 1.88. The molecule has 110 valence electrons. The number of para-hydroxylation sites is 1. The summed E-state index contributed by atoms with van der Waals surface area (Å²) < 4.78 is 0. The van der Waals surface area contributed by atoms with E-state index in [2.05, 4.69) is 15.3 Å². The van der Waals surface area contributed by atoms with Gasteiger partial charge in [0.1, 0.15) is 5.56 Å². The number of fused-ring (bicyclic) bond motifs is 1. The monoisotopic (exact) mass is 313 g/mol. The number of benzene rings is 1. The number of aromatic amines is 1. The van der Waals surface area contributed by atoms with Gasteiger partial charge in [-0.05, 0) is 24.3 Å². The molecular weight excluding hydrogens is 302 g/mol. The van der Waals surface area contributed by atoms with Crippen LogP contribution in [0.2, 0.25) is 5.02 Å². The zero-order chi connectivity index (χ0) is 15.5. The van der Waals surface area contributed by atoms with Crippen LogP contribution in [-0.2, 0) is 6.54 Å². The Kier molecular flexibility index (Phi) is 3.89. The molecule has 0 saturated carbocycles. The summed E-state index contributed by atoms with van der Waals surface area (Å²) in [6.45, 7) is 0.257. The molecule has 22 heavy (non-hydrogen) atoms. The molecule has 0 saturated heterocycles. The van der Waals surface area contributed by atoms with Gasteiger partial charge in [0.15, 0.2) is 0 Å². The largest absolute Gasteiger partial charge is 0.359 e. The molecule has 1 amide bonds. The molecule has 0 aliphatic rings. The molecule has 0 atom stereocenters. The number of carbonyl (C=O) groups is 1. The maximum Gasteiger partial charge on any atom is 0.257 e. The maximum atomic E-state index is 12.4. The van der Waals surface area contributed by atoms with E-state index < -0.39 is 5.91 Å². The third kappa shape index (κ3) is 2.71. The fraction of sp³-hybridized carbons (Fsp3) is 0.0625. The second kappa shape index (κ2) is 5.99. The van der Waals surface area contributed by atoms with Crippen molar-refractivity contribution in [2.24, 2.45) is 0 Å². The summed E-state index contributed by atoms with van der Waals surface area (Å²) in [5.41, 5.74) is 0.937. The Bertz CT molecular complexity index is 891. The van der Waals surface area contributed by atoms with Crippen LogP contribution in [0.5, 0.6) is 0 Å². The van der Waals surface area contributed by atoms with E-state index in [9.17, 15) is 9.59 Å². The van der Waals surface area contributed by atoms with Crippen molar-refractivity contribution in [2.75, 3.05) is 0 Å². The normalized spacial score (nSPS) is 10.6. The maximum absolute atomic E-state index is 12.4. The van der Waals surface area contributed by atoms with Gasteiger partial charge in [-0.2, -0.15) is 0 Å². The number of nitrogens with zero attached hydrogens (tertiary/aromatic N) is 1. The highest BCUT2D eigenvalue weighted by atomic mass is 35.5. The molecule has 1 aromatic carbocycles. The van der Waals surface area contributed by atoms with Crippen LogP contribution in [0.4, 0.5) is 0 Å². The first kappa shape index (κ1) is 14.3. The quantitative estimate of drug-likeness (QED) is 0.780. The third-order valence-corrected chi connectivity index (χ3v) is 3.58. The molecule has 0 spiro atoms. The lowest BCUT2D eigenvalue weighted by Crippen LogP contribution is -2.28. The second-order valence-corrected chi connectivity index (χ2v) is 5.10. The number of hydrogen-bond acceptors (Lipinski definition) is 3. The second-order valence-electron chi connectivity index (χ2n) is 4.70. The van der Waals surface area contributed by atoms with Gasteiger partial charge in [0.25, 0.3) is 5.91 Å². The molecule has 2 N–H and O–H groups in total. The minimum Gasteiger partial charge on any atom is -0.359 e. The van der Waals surface area contributed by atoms with Crippen LogP contribution in [-0.4, -0.2) is 15.9 Å². The number of hydrogen-bond donors (Lipinski definition) is 2. The number of carbonyl (C=O) groups excluding carboxylic acids is 1. The van der Waals surface area contributed by atoms with Crippen molar-refractivity contribution >= 4 is 28.4 Å². The summed E-state index contributed by atoms with van der Waals surface area (Å²) in [6, 6.07) is 10.4. The van der Waals surface area contributed by atoms with Gasteiger partial charge < -0.3 is 10.3 Å². The fourth-order valence-electron chi connectivity index (χ4n) is 2.15. The van der Waals surface area contributed by atoms with Crippen molar-refractivity contribution in [1.82, 2.24) is 15.3 Å². The van der Waals surface area contributed by atoms with E-state index in [1.54, 1.807) is 36.5 Å². The molecular formula is C16H12ClN3O2. The van der Waals surface area contributed by atoms with Crippen molar-refractivity contribution < 1.29 is 4.79 Å². The fourth-order valence-corrected chi connectivity index (χ4v) is 2.38. The Morgan fingerprint density at radius 1 is 1.23 bits per heavy atom. The highest BCUT2D eigenvalue weighted by Gasteiger charge is 2.13. The van der Waals surface area contributed by atoms with Gasteiger partial charge in [0, 0.05) is 17.8 Å². The number of nitrogens with one attached hydrogen (secondary N) is 2. The van der Waals surface area contributed by atoms with E-state index in [0.717, 1.165) is 5.69 Å². The molecule has 0 aliphatic heterocycles. The lowest BCUT2D eigenvalue weighted by atomic mass is 10.1. The van der Waals surface area contributed by atoms with Gasteiger partial charge in [-0.1, -0.05) is 23.7 Å². The molecule has 2 aromatic heterocycles. The third-order valence-electron chi connectivity index (χ3n) is 3.26.